The zero-order chi connectivity index (χ0) is 50.5. The Bertz CT molecular complexity index is 2400. The lowest BCUT2D eigenvalue weighted by Gasteiger charge is -2.48. The summed E-state index contributed by atoms with van der Waals surface area (Å²) in [7, 11) is 0. The average molecular weight is 957 g/mol. The van der Waals surface area contributed by atoms with Gasteiger partial charge < -0.3 is 96.3 Å². The van der Waals surface area contributed by atoms with Crippen molar-refractivity contribution in [1.29, 1.82) is 0 Å². The van der Waals surface area contributed by atoms with Crippen molar-refractivity contribution in [1.82, 2.24) is 0 Å². The molecule has 12 unspecified atom stereocenters. The first kappa shape index (κ1) is 50.8. The number of aliphatic carboxylic acids is 1. The lowest BCUT2D eigenvalue weighted by Crippen LogP contribution is -2.72. The number of phenolic OH excluding ortho intramolecular Hbond substituents is 2. The van der Waals surface area contributed by atoms with E-state index in [9.17, 15) is 111 Å². The summed E-state index contributed by atoms with van der Waals surface area (Å²) in [5.41, 5.74) is -15.2. The summed E-state index contributed by atoms with van der Waals surface area (Å²) >= 11 is 0. The fraction of sp³-hybridized carbons (Fsp3) is 0.341. The van der Waals surface area contributed by atoms with Crippen molar-refractivity contribution in [2.75, 3.05) is 13.2 Å². The number of allylic oxidation sites excluding steroid dienone is 4. The molecule has 2 aromatic carbocycles. The van der Waals surface area contributed by atoms with Crippen molar-refractivity contribution in [3.8, 4) is 11.5 Å². The number of carboxylic acid groups (broad SMARTS) is 1. The van der Waals surface area contributed by atoms with Gasteiger partial charge in [-0.3, -0.25) is 24.0 Å². The van der Waals surface area contributed by atoms with Gasteiger partial charge in [0, 0.05) is 0 Å². The van der Waals surface area contributed by atoms with Gasteiger partial charge in [0.2, 0.25) is 34.3 Å². The Labute approximate surface area is 381 Å². The van der Waals surface area contributed by atoms with E-state index < -0.39 is 166 Å². The molecule has 24 nitrogen and oxygen atoms in total. The number of phenols is 2. The van der Waals surface area contributed by atoms with Crippen LogP contribution in [0, 0.1) is 5.92 Å². The summed E-state index contributed by atoms with van der Waals surface area (Å²) in [6.45, 7) is -2.51. The van der Waals surface area contributed by atoms with Crippen molar-refractivity contribution in [2.45, 2.75) is 72.2 Å². The third-order valence-corrected chi connectivity index (χ3v) is 11.9. The minimum absolute atomic E-state index is 0.143. The summed E-state index contributed by atoms with van der Waals surface area (Å²) in [6.07, 6.45) is -21.5. The number of aliphatic hydroxyl groups is 14. The molecular weight excluding hydrogens is 912 g/mol. The molecule has 364 valence electrons. The van der Waals surface area contributed by atoms with E-state index >= 15 is 0 Å². The number of aromatic hydroxyl groups is 2. The van der Waals surface area contributed by atoms with E-state index in [0.29, 0.717) is 12.2 Å². The Morgan fingerprint density at radius 3 is 1.15 bits per heavy atom. The molecule has 0 aromatic heterocycles. The standard InChI is InChI=1S/C44H44O24/c45-13-21-28(51)32(55)34(57)40(67-21)43(65)36(59)23(19(49)11-5-15-1-7-17(47)8-2-15)30(53)26(38(43)61)25(42(63)64)27-31(54)24(20(50)12-6-16-3-9-18(48)10-4-16)37(60)44(66,39(27)62)41-35(58)33(56)29(52)22(14-46)68-41/h1-12,21-22,25,28-29,32-35,40-41,45-58,65-66H,13-14H2,(H,63,64)/b11-5-,12-6-,23-19-,24-20-. The van der Waals surface area contributed by atoms with Crippen LogP contribution in [0.2, 0.25) is 0 Å². The van der Waals surface area contributed by atoms with Crippen LogP contribution < -0.4 is 0 Å². The second-order valence-electron chi connectivity index (χ2n) is 16.0. The number of Topliss-reactive ketones (excluding diaryl/α,β-unsaturated/α-hetero) is 4. The SMILES string of the molecule is O=C(O)C(C1=C(O)/C(=C(O)\C=C/c2ccc(O)cc2)C(=O)C(O)(C2OC(CO)C(O)C(O)C2O)C1=O)C1=C(O)/C(=C(O)\C=C/c2ccc(O)cc2)C(=O)C(O)(C2OC(CO)C(O)C(O)C2O)C1=O. The Balaban J connectivity index is 1.68. The highest BCUT2D eigenvalue weighted by molar-refractivity contribution is 6.32. The molecule has 12 atom stereocenters. The monoisotopic (exact) mass is 956 g/mol. The number of rotatable bonds is 11. The van der Waals surface area contributed by atoms with E-state index in [0.717, 1.165) is 12.2 Å². The number of benzene rings is 2. The summed E-state index contributed by atoms with van der Waals surface area (Å²) in [4.78, 5) is 72.1. The lowest BCUT2D eigenvalue weighted by atomic mass is 9.64. The second kappa shape index (κ2) is 19.2. The molecule has 17 N–H and O–H groups in total. The Kier molecular flexibility index (Phi) is 14.3. The number of carbonyl (C=O) groups is 5. The maximum atomic E-state index is 14.8. The van der Waals surface area contributed by atoms with Crippen LogP contribution >= 0.6 is 0 Å². The largest absolute Gasteiger partial charge is 0.508 e. The normalized spacial score (nSPS) is 34.8. The maximum Gasteiger partial charge on any atom is 0.316 e. The summed E-state index contributed by atoms with van der Waals surface area (Å²) in [5.74, 6) is -22.2. The van der Waals surface area contributed by atoms with Gasteiger partial charge in [0.1, 0.15) is 113 Å². The molecule has 0 spiro atoms. The Morgan fingerprint density at radius 1 is 0.529 bits per heavy atom. The minimum atomic E-state index is -4.19. The van der Waals surface area contributed by atoms with Crippen LogP contribution in [-0.4, -0.2) is 201 Å². The van der Waals surface area contributed by atoms with Gasteiger partial charge in [-0.15, -0.1) is 0 Å². The molecule has 2 aliphatic carbocycles. The Hall–Kier alpha value is -6.65. The highest BCUT2D eigenvalue weighted by Gasteiger charge is 2.68. The van der Waals surface area contributed by atoms with Gasteiger partial charge in [-0.25, -0.2) is 0 Å². The third-order valence-electron chi connectivity index (χ3n) is 11.9. The van der Waals surface area contributed by atoms with E-state index in [1.54, 1.807) is 0 Å². The molecule has 0 bridgehead atoms. The molecule has 2 heterocycles. The average Bonchev–Trinajstić information content (AvgIpc) is 3.30. The fourth-order valence-corrected chi connectivity index (χ4v) is 8.20. The summed E-state index contributed by atoms with van der Waals surface area (Å²) in [5, 5.41) is 186. The molecule has 2 saturated heterocycles. The summed E-state index contributed by atoms with van der Waals surface area (Å²) in [6, 6.07) is 9.68. The molecule has 2 fully saturated rings. The fourth-order valence-electron chi connectivity index (χ4n) is 8.20. The van der Waals surface area contributed by atoms with Gasteiger partial charge in [-0.2, -0.15) is 0 Å². The highest BCUT2D eigenvalue weighted by atomic mass is 16.6. The molecule has 0 saturated carbocycles. The zero-order valence-corrected chi connectivity index (χ0v) is 34.7. The van der Waals surface area contributed by atoms with Crippen LogP contribution in [-0.2, 0) is 33.4 Å². The van der Waals surface area contributed by atoms with Crippen LogP contribution in [0.3, 0.4) is 0 Å². The van der Waals surface area contributed by atoms with Gasteiger partial charge in [0.15, 0.2) is 0 Å². The predicted octanol–water partition coefficient (Wildman–Crippen LogP) is -3.78. The van der Waals surface area contributed by atoms with E-state index in [4.69, 9.17) is 9.47 Å². The quantitative estimate of drug-likeness (QED) is 0.0584. The van der Waals surface area contributed by atoms with Crippen molar-refractivity contribution >= 4 is 41.3 Å². The third kappa shape index (κ3) is 8.37. The molecule has 0 amide bonds. The number of carbonyl (C=O) groups excluding carboxylic acids is 4. The molecule has 68 heavy (non-hydrogen) atoms. The molecule has 6 rings (SSSR count). The topological polar surface area (TPSA) is 448 Å². The lowest BCUT2D eigenvalue weighted by molar-refractivity contribution is -0.260. The van der Waals surface area contributed by atoms with Crippen molar-refractivity contribution in [3.63, 3.8) is 0 Å². The minimum Gasteiger partial charge on any atom is -0.508 e. The van der Waals surface area contributed by atoms with Gasteiger partial charge in [0.05, 0.1) is 24.4 Å². The number of aliphatic hydroxyl groups excluding tert-OH is 12. The van der Waals surface area contributed by atoms with Gasteiger partial charge in [-0.05, 0) is 47.5 Å². The smallest absolute Gasteiger partial charge is 0.316 e. The molecular formula is C44H44O24. The summed E-state index contributed by atoms with van der Waals surface area (Å²) < 4.78 is 10.6. The number of hydrogen-bond donors (Lipinski definition) is 17. The van der Waals surface area contributed by atoms with Crippen LogP contribution in [0.4, 0.5) is 0 Å². The number of ketones is 4. The van der Waals surface area contributed by atoms with Crippen LogP contribution in [0.25, 0.3) is 12.2 Å². The Morgan fingerprint density at radius 2 is 0.853 bits per heavy atom. The molecule has 4 aliphatic rings. The maximum absolute atomic E-state index is 14.8. The predicted molar refractivity (Wildman–Crippen MR) is 221 cm³/mol. The highest BCUT2D eigenvalue weighted by Crippen LogP contribution is 2.47. The second-order valence-corrected chi connectivity index (χ2v) is 16.0. The molecule has 0 radical (unpaired) electrons. The van der Waals surface area contributed by atoms with Crippen molar-refractivity contribution in [3.05, 3.63) is 117 Å². The molecule has 24 heteroatoms. The van der Waals surface area contributed by atoms with E-state index in [-0.39, 0.29) is 22.6 Å². The van der Waals surface area contributed by atoms with Gasteiger partial charge in [-0.1, -0.05) is 36.4 Å². The molecule has 2 aromatic rings. The number of hydrogen-bond acceptors (Lipinski definition) is 23. The van der Waals surface area contributed by atoms with Crippen LogP contribution in [0.1, 0.15) is 11.1 Å². The molecule has 2 aliphatic heterocycles. The zero-order valence-electron chi connectivity index (χ0n) is 34.7. The number of carboxylic acids is 1. The van der Waals surface area contributed by atoms with E-state index in [1.807, 2.05) is 0 Å². The van der Waals surface area contributed by atoms with Crippen molar-refractivity contribution < 1.29 is 120 Å². The van der Waals surface area contributed by atoms with Gasteiger partial charge in [0.25, 0.3) is 0 Å². The van der Waals surface area contributed by atoms with E-state index in [1.165, 1.54) is 48.5 Å². The van der Waals surface area contributed by atoms with Crippen LogP contribution in [0.5, 0.6) is 11.5 Å². The van der Waals surface area contributed by atoms with Gasteiger partial charge >= 0.3 is 5.97 Å². The van der Waals surface area contributed by atoms with E-state index in [2.05, 4.69) is 0 Å². The first-order chi connectivity index (χ1) is 31.9. The number of ether oxygens (including phenoxy) is 2. The first-order valence-electron chi connectivity index (χ1n) is 20.0. The first-order valence-corrected chi connectivity index (χ1v) is 20.0. The van der Waals surface area contributed by atoms with Crippen molar-refractivity contribution in [2.24, 2.45) is 5.92 Å². The van der Waals surface area contributed by atoms with Crippen LogP contribution in [0.15, 0.2) is 106 Å².